The molecule has 0 amide bonds. The van der Waals surface area contributed by atoms with Crippen molar-refractivity contribution < 1.29 is 0 Å². The summed E-state index contributed by atoms with van der Waals surface area (Å²) in [6.07, 6.45) is 2.10. The Bertz CT molecular complexity index is 230. The van der Waals surface area contributed by atoms with Gasteiger partial charge in [-0.2, -0.15) is 0 Å². The number of nitrogens with two attached hydrogens (primary N) is 1. The van der Waals surface area contributed by atoms with E-state index in [1.165, 1.54) is 11.1 Å². The van der Waals surface area contributed by atoms with E-state index in [2.05, 4.69) is 38.1 Å². The molecule has 2 N–H and O–H groups in total. The van der Waals surface area contributed by atoms with Gasteiger partial charge in [-0.05, 0) is 24.0 Å². The Morgan fingerprint density at radius 2 is 1.69 bits per heavy atom. The van der Waals surface area contributed by atoms with Crippen LogP contribution >= 0.6 is 12.4 Å². The third-order valence-corrected chi connectivity index (χ3v) is 2.26. The van der Waals surface area contributed by atoms with E-state index in [0.717, 1.165) is 12.8 Å². The molecule has 0 fully saturated rings. The van der Waals surface area contributed by atoms with Gasteiger partial charge in [0.15, 0.2) is 0 Å². The molecule has 0 heterocycles. The number of hydrogen-bond donors (Lipinski definition) is 1. The lowest BCUT2D eigenvalue weighted by Crippen LogP contribution is -2.08. The molecule has 2 heteroatoms. The number of hydrogen-bond acceptors (Lipinski definition) is 1. The van der Waals surface area contributed by atoms with Crippen LogP contribution in [0, 0.1) is 0 Å². The molecule has 0 aliphatic carbocycles. The molecule has 1 atom stereocenters. The van der Waals surface area contributed by atoms with E-state index in [1.807, 2.05) is 0 Å². The van der Waals surface area contributed by atoms with Crippen molar-refractivity contribution in [3.63, 3.8) is 0 Å². The first-order valence-corrected chi connectivity index (χ1v) is 4.62. The van der Waals surface area contributed by atoms with Crippen molar-refractivity contribution in [3.05, 3.63) is 35.4 Å². The fraction of sp³-hybridized carbons (Fsp3) is 0.455. The summed E-state index contributed by atoms with van der Waals surface area (Å²) in [6, 6.07) is 8.78. The Morgan fingerprint density at radius 3 is 2.08 bits per heavy atom. The molecule has 1 rings (SSSR count). The number of benzene rings is 1. The van der Waals surface area contributed by atoms with Gasteiger partial charge in [0.25, 0.3) is 0 Å². The summed E-state index contributed by atoms with van der Waals surface area (Å²) in [5.74, 6) is 0. The average Bonchev–Trinajstić information content (AvgIpc) is 2.17. The zero-order chi connectivity index (χ0) is 8.97. The highest BCUT2D eigenvalue weighted by molar-refractivity contribution is 5.85. The van der Waals surface area contributed by atoms with Gasteiger partial charge in [-0.25, -0.2) is 0 Å². The number of halogens is 1. The van der Waals surface area contributed by atoms with Crippen LogP contribution in [0.4, 0.5) is 0 Å². The maximum Gasteiger partial charge on any atom is 0.0292 e. The summed E-state index contributed by atoms with van der Waals surface area (Å²) in [4.78, 5) is 0. The van der Waals surface area contributed by atoms with Gasteiger partial charge in [-0.1, -0.05) is 38.1 Å². The predicted octanol–water partition coefficient (Wildman–Crippen LogP) is 3.08. The fourth-order valence-electron chi connectivity index (χ4n) is 1.24. The Kier molecular flexibility index (Phi) is 5.76. The average molecular weight is 200 g/mol. The van der Waals surface area contributed by atoms with Crippen molar-refractivity contribution in [3.8, 4) is 0 Å². The summed E-state index contributed by atoms with van der Waals surface area (Å²) in [7, 11) is 0. The monoisotopic (exact) mass is 199 g/mol. The third kappa shape index (κ3) is 3.37. The smallest absolute Gasteiger partial charge is 0.0292 e. The normalized spacial score (nSPS) is 11.9. The van der Waals surface area contributed by atoms with Gasteiger partial charge >= 0.3 is 0 Å². The van der Waals surface area contributed by atoms with Crippen LogP contribution in [0.2, 0.25) is 0 Å². The van der Waals surface area contributed by atoms with Crippen LogP contribution in [-0.4, -0.2) is 0 Å². The van der Waals surface area contributed by atoms with Gasteiger partial charge in [0.05, 0.1) is 0 Å². The van der Waals surface area contributed by atoms with Crippen molar-refractivity contribution in [2.75, 3.05) is 0 Å². The largest absolute Gasteiger partial charge is 0.324 e. The molecule has 0 aliphatic heterocycles. The molecule has 13 heavy (non-hydrogen) atoms. The lowest BCUT2D eigenvalue weighted by atomic mass is 10.0. The van der Waals surface area contributed by atoms with Crippen LogP contribution < -0.4 is 5.73 Å². The van der Waals surface area contributed by atoms with Gasteiger partial charge in [0.1, 0.15) is 0 Å². The maximum absolute atomic E-state index is 5.89. The van der Waals surface area contributed by atoms with E-state index in [4.69, 9.17) is 5.73 Å². The molecule has 1 nitrogen and oxygen atoms in total. The van der Waals surface area contributed by atoms with Gasteiger partial charge in [0.2, 0.25) is 0 Å². The fourth-order valence-corrected chi connectivity index (χ4v) is 1.24. The Balaban J connectivity index is 0.00000144. The highest BCUT2D eigenvalue weighted by Crippen LogP contribution is 2.14. The van der Waals surface area contributed by atoms with E-state index in [-0.39, 0.29) is 18.4 Å². The van der Waals surface area contributed by atoms with Crippen LogP contribution in [-0.2, 0) is 6.42 Å². The second-order valence-corrected chi connectivity index (χ2v) is 3.11. The van der Waals surface area contributed by atoms with Gasteiger partial charge in [0, 0.05) is 6.04 Å². The highest BCUT2D eigenvalue weighted by Gasteiger charge is 2.01. The van der Waals surface area contributed by atoms with Crippen LogP contribution in [0.1, 0.15) is 37.4 Å². The SMILES string of the molecule is CCc1ccc(C(N)CC)cc1.Cl. The van der Waals surface area contributed by atoms with E-state index in [0.29, 0.717) is 0 Å². The first-order chi connectivity index (χ1) is 5.77. The molecule has 0 saturated carbocycles. The summed E-state index contributed by atoms with van der Waals surface area (Å²) >= 11 is 0. The minimum atomic E-state index is 0. The van der Waals surface area contributed by atoms with E-state index in [1.54, 1.807) is 0 Å². The summed E-state index contributed by atoms with van der Waals surface area (Å²) in [5, 5.41) is 0. The van der Waals surface area contributed by atoms with Crippen molar-refractivity contribution in [1.29, 1.82) is 0 Å². The minimum absolute atomic E-state index is 0. The second-order valence-electron chi connectivity index (χ2n) is 3.11. The van der Waals surface area contributed by atoms with Crippen LogP contribution in [0.3, 0.4) is 0 Å². The third-order valence-electron chi connectivity index (χ3n) is 2.26. The topological polar surface area (TPSA) is 26.0 Å². The van der Waals surface area contributed by atoms with Gasteiger partial charge in [-0.15, -0.1) is 12.4 Å². The molecular formula is C11H18ClN. The summed E-state index contributed by atoms with van der Waals surface area (Å²) < 4.78 is 0. The quantitative estimate of drug-likeness (QED) is 0.796. The first-order valence-electron chi connectivity index (χ1n) is 4.62. The lowest BCUT2D eigenvalue weighted by molar-refractivity contribution is 0.698. The van der Waals surface area contributed by atoms with Crippen molar-refractivity contribution in [1.82, 2.24) is 0 Å². The number of rotatable bonds is 3. The Morgan fingerprint density at radius 1 is 1.15 bits per heavy atom. The molecule has 0 radical (unpaired) electrons. The molecule has 0 aliphatic rings. The zero-order valence-electron chi connectivity index (χ0n) is 8.29. The number of aryl methyl sites for hydroxylation is 1. The lowest BCUT2D eigenvalue weighted by Gasteiger charge is -2.08. The molecule has 1 aromatic carbocycles. The van der Waals surface area contributed by atoms with Crippen molar-refractivity contribution in [2.24, 2.45) is 5.73 Å². The van der Waals surface area contributed by atoms with E-state index >= 15 is 0 Å². The minimum Gasteiger partial charge on any atom is -0.324 e. The standard InChI is InChI=1S/C11H17N.ClH/c1-3-9-5-7-10(8-6-9)11(12)4-2;/h5-8,11H,3-4,12H2,1-2H3;1H. The predicted molar refractivity (Wildman–Crippen MR) is 60.3 cm³/mol. The highest BCUT2D eigenvalue weighted by atomic mass is 35.5. The van der Waals surface area contributed by atoms with Crippen LogP contribution in [0.5, 0.6) is 0 Å². The summed E-state index contributed by atoms with van der Waals surface area (Å²) in [6.45, 7) is 4.27. The maximum atomic E-state index is 5.89. The van der Waals surface area contributed by atoms with Crippen molar-refractivity contribution >= 4 is 12.4 Å². The van der Waals surface area contributed by atoms with E-state index < -0.39 is 0 Å². The molecule has 0 aromatic heterocycles. The Hall–Kier alpha value is -0.530. The van der Waals surface area contributed by atoms with Crippen LogP contribution in [0.25, 0.3) is 0 Å². The summed E-state index contributed by atoms with van der Waals surface area (Å²) in [5.41, 5.74) is 8.51. The van der Waals surface area contributed by atoms with Crippen molar-refractivity contribution in [2.45, 2.75) is 32.7 Å². The molecule has 74 valence electrons. The molecule has 0 bridgehead atoms. The molecule has 0 saturated heterocycles. The molecular weight excluding hydrogens is 182 g/mol. The molecule has 0 spiro atoms. The van der Waals surface area contributed by atoms with E-state index in [9.17, 15) is 0 Å². The van der Waals surface area contributed by atoms with Gasteiger partial charge in [-0.3, -0.25) is 0 Å². The molecule has 1 unspecified atom stereocenters. The Labute approximate surface area is 86.7 Å². The molecule has 1 aromatic rings. The van der Waals surface area contributed by atoms with Crippen LogP contribution in [0.15, 0.2) is 24.3 Å². The second kappa shape index (κ2) is 6.01. The zero-order valence-corrected chi connectivity index (χ0v) is 9.10. The van der Waals surface area contributed by atoms with Gasteiger partial charge < -0.3 is 5.73 Å². The first kappa shape index (κ1) is 12.5.